The Morgan fingerprint density at radius 1 is 1.26 bits per heavy atom. The van der Waals surface area contributed by atoms with Crippen LogP contribution in [0.4, 0.5) is 5.95 Å². The number of piperidine rings is 1. The Labute approximate surface area is 204 Å². The molecule has 1 saturated carbocycles. The molecule has 3 aliphatic rings. The van der Waals surface area contributed by atoms with Gasteiger partial charge in [0.25, 0.3) is 5.91 Å². The second-order valence-corrected chi connectivity index (χ2v) is 9.42. The second-order valence-electron chi connectivity index (χ2n) is 9.02. The summed E-state index contributed by atoms with van der Waals surface area (Å²) >= 11 is 6.25. The third-order valence-electron chi connectivity index (χ3n) is 6.66. The van der Waals surface area contributed by atoms with Crippen molar-refractivity contribution in [1.82, 2.24) is 20.2 Å². The summed E-state index contributed by atoms with van der Waals surface area (Å²) in [4.78, 5) is 26.6. The van der Waals surface area contributed by atoms with Crippen molar-refractivity contribution in [1.29, 1.82) is 0 Å². The van der Waals surface area contributed by atoms with Gasteiger partial charge in [-0.05, 0) is 36.0 Å². The Balaban J connectivity index is 1.28. The van der Waals surface area contributed by atoms with E-state index in [1.54, 1.807) is 25.4 Å². The highest BCUT2D eigenvalue weighted by Gasteiger charge is 2.46. The molecule has 2 unspecified atom stereocenters. The van der Waals surface area contributed by atoms with Gasteiger partial charge in [-0.15, -0.1) is 0 Å². The molecule has 3 heterocycles. The smallest absolute Gasteiger partial charge is 0.258 e. The number of nitrogens with zero attached hydrogens (tertiary/aromatic N) is 4. The monoisotopic (exact) mass is 487 g/mol. The first kappa shape index (κ1) is 23.1. The molecule has 1 aromatic carbocycles. The Morgan fingerprint density at radius 3 is 2.79 bits per heavy atom. The van der Waals surface area contributed by atoms with E-state index in [2.05, 4.69) is 25.1 Å². The maximum Gasteiger partial charge on any atom is 0.258 e. The maximum absolute atomic E-state index is 13.0. The molecule has 1 aliphatic carbocycles. The van der Waals surface area contributed by atoms with Crippen molar-refractivity contribution in [2.75, 3.05) is 64.5 Å². The molecule has 34 heavy (non-hydrogen) atoms. The predicted octanol–water partition coefficient (Wildman–Crippen LogP) is 2.24. The van der Waals surface area contributed by atoms with Gasteiger partial charge in [0.05, 0.1) is 25.3 Å². The van der Waals surface area contributed by atoms with Crippen LogP contribution in [0.25, 0.3) is 0 Å². The number of morpholine rings is 1. The first-order valence-corrected chi connectivity index (χ1v) is 12.1. The zero-order chi connectivity index (χ0) is 23.5. The predicted molar refractivity (Wildman–Crippen MR) is 128 cm³/mol. The molecule has 1 N–H and O–H groups in total. The summed E-state index contributed by atoms with van der Waals surface area (Å²) < 4.78 is 16.6. The molecular formula is C24H30ClN5O4. The number of carbonyl (C=O) groups is 1. The fraction of sp³-hybridized carbons (Fsp3) is 0.542. The van der Waals surface area contributed by atoms with Gasteiger partial charge < -0.3 is 24.4 Å². The number of methoxy groups -OCH3 is 1. The third-order valence-corrected chi connectivity index (χ3v) is 6.95. The molecule has 3 fully saturated rings. The highest BCUT2D eigenvalue weighted by molar-refractivity contribution is 6.32. The van der Waals surface area contributed by atoms with Crippen LogP contribution in [0.1, 0.15) is 22.3 Å². The molecule has 1 aromatic heterocycles. The minimum absolute atomic E-state index is 0.222. The Morgan fingerprint density at radius 2 is 2.06 bits per heavy atom. The lowest BCUT2D eigenvalue weighted by atomic mass is 10.2. The molecule has 5 rings (SSSR count). The molecule has 9 nitrogen and oxygen atoms in total. The van der Waals surface area contributed by atoms with Crippen molar-refractivity contribution < 1.29 is 19.0 Å². The number of halogens is 1. The highest BCUT2D eigenvalue weighted by atomic mass is 35.5. The quantitative estimate of drug-likeness (QED) is 0.576. The Hall–Kier alpha value is -2.62. The number of benzene rings is 1. The van der Waals surface area contributed by atoms with E-state index < -0.39 is 0 Å². The number of aromatic nitrogens is 2. The normalized spacial score (nSPS) is 21.8. The summed E-state index contributed by atoms with van der Waals surface area (Å²) in [6.07, 6.45) is 2.87. The van der Waals surface area contributed by atoms with E-state index in [4.69, 9.17) is 25.8 Å². The van der Waals surface area contributed by atoms with Crippen LogP contribution in [-0.2, 0) is 11.3 Å². The van der Waals surface area contributed by atoms with Crippen molar-refractivity contribution in [3.8, 4) is 11.6 Å². The molecule has 10 heteroatoms. The van der Waals surface area contributed by atoms with Gasteiger partial charge in [0.15, 0.2) is 0 Å². The number of fused-ring (bicyclic) bond motifs is 1. The molecular weight excluding hydrogens is 458 g/mol. The van der Waals surface area contributed by atoms with Gasteiger partial charge in [-0.3, -0.25) is 9.69 Å². The minimum atomic E-state index is -0.244. The zero-order valence-electron chi connectivity index (χ0n) is 19.3. The van der Waals surface area contributed by atoms with Gasteiger partial charge in [-0.2, -0.15) is 4.98 Å². The number of rotatable bonds is 9. The summed E-state index contributed by atoms with van der Waals surface area (Å²) in [5.74, 6) is 2.74. The standard InChI is InChI=1S/C24H30ClN5O4/c1-32-21-3-2-16(10-20(21)25)15-34-23-19(22(31)26-4-5-29-6-8-33-9-7-29)12-27-24(28-23)30-13-17-11-18(17)14-30/h2-3,10,12,17-18H,4-9,11,13-15H2,1H3,(H,26,31). The third kappa shape index (κ3) is 5.37. The van der Waals surface area contributed by atoms with E-state index >= 15 is 0 Å². The summed E-state index contributed by atoms with van der Waals surface area (Å²) in [5, 5.41) is 3.48. The van der Waals surface area contributed by atoms with Crippen molar-refractivity contribution in [2.45, 2.75) is 13.0 Å². The molecule has 182 valence electrons. The van der Waals surface area contributed by atoms with Crippen LogP contribution in [0.3, 0.4) is 0 Å². The average Bonchev–Trinajstić information content (AvgIpc) is 3.47. The zero-order valence-corrected chi connectivity index (χ0v) is 20.1. The topological polar surface area (TPSA) is 89.1 Å². The van der Waals surface area contributed by atoms with E-state index in [0.29, 0.717) is 28.8 Å². The lowest BCUT2D eigenvalue weighted by Crippen LogP contribution is -2.41. The number of carbonyl (C=O) groups excluding carboxylic acids is 1. The molecule has 0 spiro atoms. The van der Waals surface area contributed by atoms with E-state index in [1.807, 2.05) is 6.07 Å². The highest BCUT2D eigenvalue weighted by Crippen LogP contribution is 2.45. The summed E-state index contributed by atoms with van der Waals surface area (Å²) in [5.41, 5.74) is 1.18. The number of nitrogens with one attached hydrogen (secondary N) is 1. The van der Waals surface area contributed by atoms with E-state index in [0.717, 1.165) is 63.3 Å². The summed E-state index contributed by atoms with van der Waals surface area (Å²) in [6, 6.07) is 5.46. The van der Waals surface area contributed by atoms with Gasteiger partial charge in [0, 0.05) is 45.5 Å². The van der Waals surface area contributed by atoms with Gasteiger partial charge in [0.2, 0.25) is 11.8 Å². The van der Waals surface area contributed by atoms with Crippen molar-refractivity contribution in [2.24, 2.45) is 11.8 Å². The summed E-state index contributed by atoms with van der Waals surface area (Å²) in [7, 11) is 1.58. The molecule has 0 radical (unpaired) electrons. The molecule has 2 aliphatic heterocycles. The van der Waals surface area contributed by atoms with Crippen molar-refractivity contribution in [3.63, 3.8) is 0 Å². The number of hydrogen-bond acceptors (Lipinski definition) is 8. The Bertz CT molecular complexity index is 1020. The van der Waals surface area contributed by atoms with Crippen LogP contribution in [-0.4, -0.2) is 80.4 Å². The van der Waals surface area contributed by atoms with Crippen LogP contribution >= 0.6 is 11.6 Å². The lowest BCUT2D eigenvalue weighted by Gasteiger charge is -2.26. The van der Waals surface area contributed by atoms with Gasteiger partial charge >= 0.3 is 0 Å². The largest absolute Gasteiger partial charge is 0.495 e. The molecule has 2 saturated heterocycles. The number of anilines is 1. The van der Waals surface area contributed by atoms with Gasteiger partial charge in [-0.25, -0.2) is 4.98 Å². The summed E-state index contributed by atoms with van der Waals surface area (Å²) in [6.45, 7) is 6.67. The van der Waals surface area contributed by atoms with Crippen LogP contribution < -0.4 is 19.7 Å². The van der Waals surface area contributed by atoms with Crippen molar-refractivity contribution >= 4 is 23.5 Å². The fourth-order valence-electron chi connectivity index (χ4n) is 4.54. The van der Waals surface area contributed by atoms with Crippen LogP contribution in [0.5, 0.6) is 11.6 Å². The van der Waals surface area contributed by atoms with Crippen LogP contribution in [0, 0.1) is 11.8 Å². The lowest BCUT2D eigenvalue weighted by molar-refractivity contribution is 0.0383. The molecule has 2 aromatic rings. The molecule has 2 atom stereocenters. The van der Waals surface area contributed by atoms with E-state index in [1.165, 1.54) is 6.42 Å². The first-order chi connectivity index (χ1) is 16.6. The van der Waals surface area contributed by atoms with Crippen LogP contribution in [0.2, 0.25) is 5.02 Å². The SMILES string of the molecule is COc1ccc(COc2nc(N3CC4CC4C3)ncc2C(=O)NCCN2CCOCC2)cc1Cl. The second kappa shape index (κ2) is 10.3. The van der Waals surface area contributed by atoms with Crippen molar-refractivity contribution in [3.05, 3.63) is 40.5 Å². The fourth-order valence-corrected chi connectivity index (χ4v) is 4.82. The van der Waals surface area contributed by atoms with Gasteiger partial charge in [0.1, 0.15) is 17.9 Å². The number of amides is 1. The number of ether oxygens (including phenoxy) is 3. The van der Waals surface area contributed by atoms with Gasteiger partial charge in [-0.1, -0.05) is 17.7 Å². The Kier molecular flexibility index (Phi) is 7.03. The average molecular weight is 488 g/mol. The van der Waals surface area contributed by atoms with E-state index in [-0.39, 0.29) is 18.4 Å². The van der Waals surface area contributed by atoms with Crippen LogP contribution in [0.15, 0.2) is 24.4 Å². The minimum Gasteiger partial charge on any atom is -0.495 e. The van der Waals surface area contributed by atoms with E-state index in [9.17, 15) is 4.79 Å². The molecule has 1 amide bonds. The maximum atomic E-state index is 13.0. The first-order valence-electron chi connectivity index (χ1n) is 11.8. The number of hydrogen-bond donors (Lipinski definition) is 1. The molecule has 0 bridgehead atoms.